The average Bonchev–Trinajstić information content (AvgIpc) is 2.93. The van der Waals surface area contributed by atoms with E-state index in [0.717, 1.165) is 5.56 Å². The molecule has 2 aromatic carbocycles. The van der Waals surface area contributed by atoms with E-state index < -0.39 is 41.2 Å². The van der Waals surface area contributed by atoms with E-state index in [0.29, 0.717) is 50.0 Å². The Balaban J connectivity index is 1.50. The zero-order valence-electron chi connectivity index (χ0n) is 21.3. The van der Waals surface area contributed by atoms with Gasteiger partial charge in [0.25, 0.3) is 0 Å². The van der Waals surface area contributed by atoms with Gasteiger partial charge in [0.05, 0.1) is 24.3 Å². The predicted octanol–water partition coefficient (Wildman–Crippen LogP) is 5.21. The summed E-state index contributed by atoms with van der Waals surface area (Å²) in [5.41, 5.74) is -2.92. The van der Waals surface area contributed by atoms with E-state index >= 15 is 0 Å². The van der Waals surface area contributed by atoms with E-state index in [1.54, 1.807) is 36.7 Å². The molecular formula is C26H26F6N6O2. The van der Waals surface area contributed by atoms with Gasteiger partial charge in [-0.3, -0.25) is 4.90 Å². The monoisotopic (exact) mass is 568 g/mol. The topological polar surface area (TPSA) is 82.6 Å². The number of methoxy groups -OCH3 is 1. The lowest BCUT2D eigenvalue weighted by atomic mass is 10.0. The van der Waals surface area contributed by atoms with Crippen molar-refractivity contribution in [1.82, 2.24) is 20.2 Å². The molecule has 4 rings (SSSR count). The molecule has 2 amide bonds. The molecule has 1 fully saturated rings. The Morgan fingerprint density at radius 3 is 2.10 bits per heavy atom. The number of nitrogens with one attached hydrogen (secondary N) is 2. The summed E-state index contributed by atoms with van der Waals surface area (Å²) in [6.45, 7) is 2.30. The first kappa shape index (κ1) is 28.9. The molecule has 1 unspecified atom stereocenters. The second-order valence-corrected chi connectivity index (χ2v) is 8.96. The van der Waals surface area contributed by atoms with E-state index in [4.69, 9.17) is 4.74 Å². The number of alkyl halides is 6. The van der Waals surface area contributed by atoms with E-state index in [1.165, 1.54) is 7.11 Å². The van der Waals surface area contributed by atoms with Crippen molar-refractivity contribution in [1.29, 1.82) is 0 Å². The van der Waals surface area contributed by atoms with E-state index in [2.05, 4.69) is 25.5 Å². The van der Waals surface area contributed by atoms with Crippen LogP contribution in [-0.2, 0) is 12.4 Å². The highest BCUT2D eigenvalue weighted by Gasteiger charge is 2.37. The first-order valence-corrected chi connectivity index (χ1v) is 12.2. The number of urea groups is 1. The largest absolute Gasteiger partial charge is 0.496 e. The van der Waals surface area contributed by atoms with Crippen LogP contribution in [0.1, 0.15) is 22.7 Å². The predicted molar refractivity (Wildman–Crippen MR) is 135 cm³/mol. The Morgan fingerprint density at radius 1 is 0.925 bits per heavy atom. The van der Waals surface area contributed by atoms with Gasteiger partial charge in [-0.15, -0.1) is 0 Å². The highest BCUT2D eigenvalue weighted by molar-refractivity contribution is 5.89. The van der Waals surface area contributed by atoms with Crippen molar-refractivity contribution in [2.75, 3.05) is 50.1 Å². The Bertz CT molecular complexity index is 1260. The maximum absolute atomic E-state index is 13.2. The van der Waals surface area contributed by atoms with Crippen molar-refractivity contribution in [2.45, 2.75) is 18.4 Å². The summed E-state index contributed by atoms with van der Waals surface area (Å²) in [7, 11) is 1.51. The number of anilines is 2. The lowest BCUT2D eigenvalue weighted by Crippen LogP contribution is -2.50. The van der Waals surface area contributed by atoms with Crippen molar-refractivity contribution in [3.63, 3.8) is 0 Å². The molecule has 1 aliphatic rings. The second-order valence-electron chi connectivity index (χ2n) is 8.96. The molecule has 8 nitrogen and oxygen atoms in total. The van der Waals surface area contributed by atoms with Crippen molar-refractivity contribution in [3.05, 3.63) is 77.6 Å². The number of rotatable bonds is 7. The van der Waals surface area contributed by atoms with Crippen LogP contribution in [0.5, 0.6) is 5.75 Å². The number of hydrogen-bond donors (Lipinski definition) is 2. The van der Waals surface area contributed by atoms with Gasteiger partial charge in [-0.1, -0.05) is 18.2 Å². The molecule has 1 atom stereocenters. The number of carbonyl (C=O) groups is 1. The molecule has 1 aromatic heterocycles. The highest BCUT2D eigenvalue weighted by Crippen LogP contribution is 2.37. The molecule has 1 saturated heterocycles. The summed E-state index contributed by atoms with van der Waals surface area (Å²) >= 11 is 0. The molecule has 0 saturated carbocycles. The van der Waals surface area contributed by atoms with E-state index in [9.17, 15) is 31.1 Å². The van der Waals surface area contributed by atoms with Gasteiger partial charge in [-0.05, 0) is 30.3 Å². The molecule has 0 aliphatic carbocycles. The van der Waals surface area contributed by atoms with Gasteiger partial charge in [0.15, 0.2) is 0 Å². The van der Waals surface area contributed by atoms with Crippen LogP contribution in [0.3, 0.4) is 0 Å². The number of piperazine rings is 1. The minimum atomic E-state index is -5.03. The van der Waals surface area contributed by atoms with Gasteiger partial charge in [-0.2, -0.15) is 26.3 Å². The third-order valence-electron chi connectivity index (χ3n) is 6.39. The molecule has 0 spiro atoms. The lowest BCUT2D eigenvalue weighted by Gasteiger charge is -2.39. The number of halogens is 6. The summed E-state index contributed by atoms with van der Waals surface area (Å²) in [6.07, 6.45) is -6.76. The van der Waals surface area contributed by atoms with Crippen molar-refractivity contribution >= 4 is 17.7 Å². The standard InChI is InChI=1S/C26H26F6N6O2/c1-40-22-6-3-2-5-20(22)21(37-9-11-38(12-10-37)23-33-7-4-8-34-23)16-35-24(39)36-19-14-17(25(27,28)29)13-18(15-19)26(30,31)32/h2-8,13-15,21H,9-12,16H2,1H3,(H2,35,36,39). The maximum Gasteiger partial charge on any atom is 0.416 e. The number of hydrogen-bond acceptors (Lipinski definition) is 6. The molecular weight excluding hydrogens is 542 g/mol. The fourth-order valence-corrected chi connectivity index (χ4v) is 4.46. The summed E-state index contributed by atoms with van der Waals surface area (Å²) in [6, 6.07) is 8.45. The van der Waals surface area contributed by atoms with Gasteiger partial charge >= 0.3 is 18.4 Å². The molecule has 3 aromatic rings. The molecule has 2 heterocycles. The van der Waals surface area contributed by atoms with Crippen molar-refractivity contribution < 1.29 is 35.9 Å². The van der Waals surface area contributed by atoms with Crippen LogP contribution in [0, 0.1) is 0 Å². The summed E-state index contributed by atoms with van der Waals surface area (Å²) < 4.78 is 84.7. The molecule has 0 radical (unpaired) electrons. The van der Waals surface area contributed by atoms with Crippen LogP contribution in [0.4, 0.5) is 42.8 Å². The second kappa shape index (κ2) is 12.0. The van der Waals surface area contributed by atoms with Crippen molar-refractivity contribution in [3.8, 4) is 5.75 Å². The van der Waals surface area contributed by atoms with E-state index in [-0.39, 0.29) is 12.6 Å². The average molecular weight is 569 g/mol. The Hall–Kier alpha value is -4.07. The molecule has 1 aliphatic heterocycles. The van der Waals surface area contributed by atoms with Crippen molar-refractivity contribution in [2.24, 2.45) is 0 Å². The van der Waals surface area contributed by atoms with Gasteiger partial charge in [0.1, 0.15) is 5.75 Å². The van der Waals surface area contributed by atoms with Gasteiger partial charge in [0.2, 0.25) is 5.95 Å². The molecule has 40 heavy (non-hydrogen) atoms. The van der Waals surface area contributed by atoms with Gasteiger partial charge in [-0.25, -0.2) is 14.8 Å². The normalized spacial score (nSPS) is 15.4. The first-order valence-electron chi connectivity index (χ1n) is 12.2. The molecule has 214 valence electrons. The zero-order chi connectivity index (χ0) is 28.9. The van der Waals surface area contributed by atoms with Crippen LogP contribution in [0.25, 0.3) is 0 Å². The number of nitrogens with zero attached hydrogens (tertiary/aromatic N) is 4. The van der Waals surface area contributed by atoms with Gasteiger partial charge in [0, 0.05) is 56.4 Å². The quantitative estimate of drug-likeness (QED) is 0.381. The summed E-state index contributed by atoms with van der Waals surface area (Å²) in [5.74, 6) is 1.16. The Kier molecular flexibility index (Phi) is 8.67. The minimum absolute atomic E-state index is 0.000860. The van der Waals surface area contributed by atoms with Crippen LogP contribution >= 0.6 is 0 Å². The molecule has 2 N–H and O–H groups in total. The third kappa shape index (κ3) is 7.11. The maximum atomic E-state index is 13.2. The number of amides is 2. The minimum Gasteiger partial charge on any atom is -0.496 e. The Morgan fingerprint density at radius 2 is 1.52 bits per heavy atom. The number of carbonyl (C=O) groups excluding carboxylic acids is 1. The zero-order valence-corrected chi connectivity index (χ0v) is 21.3. The SMILES string of the molecule is COc1ccccc1C(CNC(=O)Nc1cc(C(F)(F)F)cc(C(F)(F)F)c1)N1CCN(c2ncccn2)CC1. The number of ether oxygens (including phenoxy) is 1. The van der Waals surface area contributed by atoms with Crippen LogP contribution < -0.4 is 20.3 Å². The molecule has 14 heteroatoms. The number of benzene rings is 2. The first-order chi connectivity index (χ1) is 19.0. The van der Waals surface area contributed by atoms with Crippen LogP contribution in [0.2, 0.25) is 0 Å². The van der Waals surface area contributed by atoms with Gasteiger partial charge < -0.3 is 20.3 Å². The Labute approximate surface area is 226 Å². The fraction of sp³-hybridized carbons (Fsp3) is 0.346. The number of aromatic nitrogens is 2. The summed E-state index contributed by atoms with van der Waals surface area (Å²) in [4.78, 5) is 25.3. The van der Waals surface area contributed by atoms with Crippen LogP contribution in [0.15, 0.2) is 60.9 Å². The fourth-order valence-electron chi connectivity index (χ4n) is 4.46. The lowest BCUT2D eigenvalue weighted by molar-refractivity contribution is -0.143. The molecule has 0 bridgehead atoms. The number of para-hydroxylation sites is 1. The van der Waals surface area contributed by atoms with Crippen LogP contribution in [-0.4, -0.2) is 60.7 Å². The smallest absolute Gasteiger partial charge is 0.416 e. The summed E-state index contributed by atoms with van der Waals surface area (Å²) in [5, 5.41) is 4.70. The van der Waals surface area contributed by atoms with E-state index in [1.807, 2.05) is 11.0 Å². The third-order valence-corrected chi connectivity index (χ3v) is 6.39. The highest BCUT2D eigenvalue weighted by atomic mass is 19.4.